The van der Waals surface area contributed by atoms with Gasteiger partial charge in [-0.3, -0.25) is 4.79 Å². The lowest BCUT2D eigenvalue weighted by Crippen LogP contribution is -2.26. The molecule has 0 bridgehead atoms. The molecular formula is C12H26BNO2. The minimum atomic E-state index is -0.0557. The van der Waals surface area contributed by atoms with E-state index >= 15 is 0 Å². The molecule has 16 heavy (non-hydrogen) atoms. The van der Waals surface area contributed by atoms with E-state index in [-0.39, 0.29) is 11.9 Å². The molecule has 0 aliphatic heterocycles. The molecule has 1 unspecified atom stereocenters. The lowest BCUT2D eigenvalue weighted by molar-refractivity contribution is -0.139. The lowest BCUT2D eigenvalue weighted by atomic mass is 9.98. The van der Waals surface area contributed by atoms with Crippen LogP contribution in [0.15, 0.2) is 0 Å². The number of rotatable bonds is 9. The summed E-state index contributed by atoms with van der Waals surface area (Å²) in [5.74, 6) is 0.677. The molecule has 0 aliphatic carbocycles. The summed E-state index contributed by atoms with van der Waals surface area (Å²) in [5.41, 5.74) is 0. The Morgan fingerprint density at radius 1 is 1.38 bits per heavy atom. The van der Waals surface area contributed by atoms with Gasteiger partial charge in [0.1, 0.15) is 0 Å². The van der Waals surface area contributed by atoms with Gasteiger partial charge >= 0.3 is 8.05 Å². The zero-order valence-corrected chi connectivity index (χ0v) is 11.2. The normalized spacial score (nSPS) is 12.8. The highest BCUT2D eigenvalue weighted by Gasteiger charge is 2.17. The molecule has 0 amide bonds. The fraction of sp³-hybridized carbons (Fsp3) is 0.917. The predicted molar refractivity (Wildman–Crippen MR) is 70.0 cm³/mol. The van der Waals surface area contributed by atoms with Gasteiger partial charge in [0.25, 0.3) is 5.97 Å². The fourth-order valence-electron chi connectivity index (χ4n) is 1.66. The van der Waals surface area contributed by atoms with Crippen LogP contribution in [0.5, 0.6) is 0 Å². The average Bonchev–Trinajstić information content (AvgIpc) is 2.26. The van der Waals surface area contributed by atoms with E-state index < -0.39 is 0 Å². The molecule has 0 saturated heterocycles. The molecule has 0 aromatic carbocycles. The molecule has 0 fully saturated rings. The monoisotopic (exact) mass is 227 g/mol. The topological polar surface area (TPSA) is 38.3 Å². The van der Waals surface area contributed by atoms with Gasteiger partial charge in [0.05, 0.1) is 5.92 Å². The maximum Gasteiger partial charge on any atom is 0.325 e. The largest absolute Gasteiger partial charge is 0.543 e. The van der Waals surface area contributed by atoms with Gasteiger partial charge in [-0.05, 0) is 31.8 Å². The average molecular weight is 227 g/mol. The van der Waals surface area contributed by atoms with E-state index in [0.717, 1.165) is 38.8 Å². The first kappa shape index (κ1) is 15.5. The Kier molecular flexibility index (Phi) is 9.40. The van der Waals surface area contributed by atoms with Gasteiger partial charge in [0.2, 0.25) is 0 Å². The van der Waals surface area contributed by atoms with E-state index in [1.807, 2.05) is 0 Å². The van der Waals surface area contributed by atoms with Crippen LogP contribution in [0.1, 0.15) is 46.5 Å². The van der Waals surface area contributed by atoms with Crippen molar-refractivity contribution in [3.05, 3.63) is 0 Å². The van der Waals surface area contributed by atoms with Crippen LogP contribution in [0.2, 0.25) is 0 Å². The van der Waals surface area contributed by atoms with Gasteiger partial charge in [0.15, 0.2) is 0 Å². The van der Waals surface area contributed by atoms with E-state index in [2.05, 4.69) is 26.1 Å². The number of carbonyl (C=O) groups is 1. The first-order valence-electron chi connectivity index (χ1n) is 6.40. The van der Waals surface area contributed by atoms with Crippen LogP contribution < -0.4 is 5.32 Å². The first-order chi connectivity index (χ1) is 7.61. The third-order valence-corrected chi connectivity index (χ3v) is 2.66. The Bertz CT molecular complexity index is 186. The van der Waals surface area contributed by atoms with Crippen LogP contribution in [-0.2, 0) is 9.45 Å². The molecule has 0 aliphatic rings. The highest BCUT2D eigenvalue weighted by molar-refractivity contribution is 6.05. The van der Waals surface area contributed by atoms with Gasteiger partial charge in [0, 0.05) is 0 Å². The van der Waals surface area contributed by atoms with Crippen molar-refractivity contribution in [3.8, 4) is 0 Å². The Balaban J connectivity index is 3.78. The molecule has 0 aromatic rings. The molecule has 0 aromatic heterocycles. The van der Waals surface area contributed by atoms with E-state index in [1.165, 1.54) is 8.05 Å². The summed E-state index contributed by atoms with van der Waals surface area (Å²) in [5, 5.41) is 3.36. The molecule has 3 nitrogen and oxygen atoms in total. The summed E-state index contributed by atoms with van der Waals surface area (Å²) >= 11 is 0. The van der Waals surface area contributed by atoms with Crippen LogP contribution in [0.4, 0.5) is 0 Å². The minimum absolute atomic E-state index is 0.0557. The molecule has 94 valence electrons. The Morgan fingerprint density at radius 2 is 2.06 bits per heavy atom. The Labute approximate surface area is 101 Å². The van der Waals surface area contributed by atoms with Crippen molar-refractivity contribution in [2.75, 3.05) is 13.1 Å². The van der Waals surface area contributed by atoms with E-state index in [1.54, 1.807) is 0 Å². The van der Waals surface area contributed by atoms with Crippen molar-refractivity contribution in [1.82, 2.24) is 5.32 Å². The predicted octanol–water partition coefficient (Wildman–Crippen LogP) is 1.52. The fourth-order valence-corrected chi connectivity index (χ4v) is 1.66. The Hall–Kier alpha value is -0.505. The van der Waals surface area contributed by atoms with Gasteiger partial charge in [-0.15, -0.1) is 0 Å². The molecule has 1 N–H and O–H groups in total. The third-order valence-electron chi connectivity index (χ3n) is 2.66. The minimum Gasteiger partial charge on any atom is -0.543 e. The van der Waals surface area contributed by atoms with E-state index in [0.29, 0.717) is 5.92 Å². The summed E-state index contributed by atoms with van der Waals surface area (Å²) in [6.07, 6.45) is 4.07. The molecule has 0 rings (SSSR count). The van der Waals surface area contributed by atoms with Crippen LogP contribution in [0.25, 0.3) is 0 Å². The highest BCUT2D eigenvalue weighted by atomic mass is 16.5. The summed E-state index contributed by atoms with van der Waals surface area (Å²) in [4.78, 5) is 11.5. The number of unbranched alkanes of at least 4 members (excludes halogenated alkanes) is 1. The summed E-state index contributed by atoms with van der Waals surface area (Å²) < 4.78 is 4.82. The first-order valence-corrected chi connectivity index (χ1v) is 6.40. The zero-order valence-electron chi connectivity index (χ0n) is 11.2. The molecule has 0 saturated carbocycles. The van der Waals surface area contributed by atoms with Gasteiger partial charge in [-0.1, -0.05) is 33.6 Å². The van der Waals surface area contributed by atoms with Crippen LogP contribution >= 0.6 is 0 Å². The standard InChI is InChI=1S/C12H26BNO2/c1-4-5-6-11(12(15)16-13)7-8-14-9-10(2)3/h10-11,14H,4-9,13H2,1-3H3. The van der Waals surface area contributed by atoms with Gasteiger partial charge in [-0.25, -0.2) is 0 Å². The molecular weight excluding hydrogens is 201 g/mol. The number of nitrogens with one attached hydrogen (secondary N) is 1. The molecule has 1 atom stereocenters. The van der Waals surface area contributed by atoms with E-state index in [4.69, 9.17) is 4.65 Å². The number of hydrogen-bond acceptors (Lipinski definition) is 3. The van der Waals surface area contributed by atoms with Crippen molar-refractivity contribution in [2.24, 2.45) is 11.8 Å². The summed E-state index contributed by atoms with van der Waals surface area (Å²) in [7, 11) is 1.48. The lowest BCUT2D eigenvalue weighted by Gasteiger charge is -2.15. The number of carbonyl (C=O) groups excluding carboxylic acids is 1. The van der Waals surface area contributed by atoms with Crippen molar-refractivity contribution < 1.29 is 9.45 Å². The van der Waals surface area contributed by atoms with Crippen molar-refractivity contribution in [2.45, 2.75) is 46.5 Å². The van der Waals surface area contributed by atoms with Crippen LogP contribution in [-0.4, -0.2) is 27.1 Å². The second-order valence-corrected chi connectivity index (χ2v) is 4.75. The third kappa shape index (κ3) is 7.74. The molecule has 0 heterocycles. The molecule has 4 heteroatoms. The molecule has 0 radical (unpaired) electrons. The zero-order chi connectivity index (χ0) is 12.4. The SMILES string of the molecule is BOC(=O)C(CCCC)CCNCC(C)C. The highest BCUT2D eigenvalue weighted by Crippen LogP contribution is 2.13. The van der Waals surface area contributed by atoms with Crippen molar-refractivity contribution >= 4 is 14.0 Å². The quantitative estimate of drug-likeness (QED) is 0.479. The van der Waals surface area contributed by atoms with Gasteiger partial charge in [-0.2, -0.15) is 0 Å². The Morgan fingerprint density at radius 3 is 2.56 bits per heavy atom. The second-order valence-electron chi connectivity index (χ2n) is 4.75. The van der Waals surface area contributed by atoms with Gasteiger partial charge < -0.3 is 9.97 Å². The summed E-state index contributed by atoms with van der Waals surface area (Å²) in [6, 6.07) is 0. The second kappa shape index (κ2) is 9.70. The maximum absolute atomic E-state index is 11.5. The number of hydrogen-bond donors (Lipinski definition) is 1. The smallest absolute Gasteiger partial charge is 0.325 e. The van der Waals surface area contributed by atoms with Crippen LogP contribution in [0, 0.1) is 11.8 Å². The summed E-state index contributed by atoms with van der Waals surface area (Å²) in [6.45, 7) is 8.43. The van der Waals surface area contributed by atoms with E-state index in [9.17, 15) is 4.79 Å². The maximum atomic E-state index is 11.5. The van der Waals surface area contributed by atoms with Crippen molar-refractivity contribution in [3.63, 3.8) is 0 Å². The van der Waals surface area contributed by atoms with Crippen LogP contribution in [0.3, 0.4) is 0 Å². The van der Waals surface area contributed by atoms with Crippen molar-refractivity contribution in [1.29, 1.82) is 0 Å². The molecule has 0 spiro atoms.